The molecule has 2 aliphatic heterocycles. The van der Waals surface area contributed by atoms with Crippen molar-refractivity contribution >= 4 is 5.96 Å². The molecule has 1 aromatic heterocycles. The first-order valence-corrected chi connectivity index (χ1v) is 9.98. The van der Waals surface area contributed by atoms with E-state index < -0.39 is 0 Å². The lowest BCUT2D eigenvalue weighted by atomic mass is 10.1. The molecule has 25 heavy (non-hydrogen) atoms. The van der Waals surface area contributed by atoms with Crippen LogP contribution >= 0.6 is 0 Å². The Balaban J connectivity index is 1.50. The van der Waals surface area contributed by atoms with Crippen LogP contribution in [-0.2, 0) is 6.42 Å². The highest BCUT2D eigenvalue weighted by molar-refractivity contribution is 5.80. The average Bonchev–Trinajstić information content (AvgIpc) is 3.33. The Morgan fingerprint density at radius 2 is 2.16 bits per heavy atom. The van der Waals surface area contributed by atoms with Crippen molar-refractivity contribution in [3.8, 4) is 0 Å². The maximum Gasteiger partial charge on any atom is 0.193 e. The smallest absolute Gasteiger partial charge is 0.193 e. The van der Waals surface area contributed by atoms with Crippen molar-refractivity contribution in [1.29, 1.82) is 0 Å². The first kappa shape index (κ1) is 18.3. The first-order chi connectivity index (χ1) is 12.2. The summed E-state index contributed by atoms with van der Waals surface area (Å²) in [5, 5.41) is 3.57. The predicted octanol–water partition coefficient (Wildman–Crippen LogP) is 2.84. The van der Waals surface area contributed by atoms with Gasteiger partial charge in [-0.1, -0.05) is 13.8 Å². The summed E-state index contributed by atoms with van der Waals surface area (Å²) in [5.74, 6) is 3.49. The molecule has 0 spiro atoms. The fourth-order valence-electron chi connectivity index (χ4n) is 3.79. The Kier molecular flexibility index (Phi) is 6.79. The predicted molar refractivity (Wildman–Crippen MR) is 103 cm³/mol. The molecule has 140 valence electrons. The van der Waals surface area contributed by atoms with Crippen molar-refractivity contribution in [2.24, 2.45) is 16.8 Å². The highest BCUT2D eigenvalue weighted by Crippen LogP contribution is 2.20. The minimum absolute atomic E-state index is 0.588. The van der Waals surface area contributed by atoms with Gasteiger partial charge in [-0.3, -0.25) is 4.99 Å². The summed E-state index contributed by atoms with van der Waals surface area (Å²) in [6.45, 7) is 12.3. The Labute approximate surface area is 152 Å². The van der Waals surface area contributed by atoms with Gasteiger partial charge in [0.25, 0.3) is 0 Å². The van der Waals surface area contributed by atoms with Gasteiger partial charge in [-0.05, 0) is 56.3 Å². The van der Waals surface area contributed by atoms with Gasteiger partial charge in [-0.15, -0.1) is 0 Å². The minimum atomic E-state index is 0.588. The largest absolute Gasteiger partial charge is 0.469 e. The molecular formula is C20H34N4O. The van der Waals surface area contributed by atoms with Crippen LogP contribution in [0.1, 0.15) is 38.9 Å². The van der Waals surface area contributed by atoms with E-state index in [9.17, 15) is 0 Å². The third-order valence-corrected chi connectivity index (χ3v) is 5.14. The molecule has 2 fully saturated rings. The van der Waals surface area contributed by atoms with E-state index in [1.807, 2.05) is 12.1 Å². The molecule has 0 radical (unpaired) electrons. The molecule has 0 bridgehead atoms. The van der Waals surface area contributed by atoms with Crippen molar-refractivity contribution in [2.45, 2.75) is 39.5 Å². The molecule has 3 heterocycles. The summed E-state index contributed by atoms with van der Waals surface area (Å²) in [6.07, 6.45) is 6.69. The third-order valence-electron chi connectivity index (χ3n) is 5.14. The molecule has 1 aromatic rings. The topological polar surface area (TPSA) is 44.0 Å². The van der Waals surface area contributed by atoms with Crippen molar-refractivity contribution in [3.63, 3.8) is 0 Å². The number of aliphatic imine (C=N–C) groups is 1. The number of nitrogens with zero attached hydrogens (tertiary/aromatic N) is 3. The summed E-state index contributed by atoms with van der Waals surface area (Å²) in [6, 6.07) is 3.99. The molecule has 1 unspecified atom stereocenters. The van der Waals surface area contributed by atoms with Crippen molar-refractivity contribution in [1.82, 2.24) is 15.1 Å². The van der Waals surface area contributed by atoms with Crippen molar-refractivity contribution < 1.29 is 4.42 Å². The molecule has 1 atom stereocenters. The van der Waals surface area contributed by atoms with Gasteiger partial charge in [0, 0.05) is 39.1 Å². The summed E-state index contributed by atoms with van der Waals surface area (Å²) >= 11 is 0. The van der Waals surface area contributed by atoms with E-state index in [1.54, 1.807) is 6.26 Å². The third kappa shape index (κ3) is 5.77. The van der Waals surface area contributed by atoms with Crippen LogP contribution < -0.4 is 5.32 Å². The maximum absolute atomic E-state index is 5.43. The molecule has 1 N–H and O–H groups in total. The van der Waals surface area contributed by atoms with E-state index in [-0.39, 0.29) is 0 Å². The summed E-state index contributed by atoms with van der Waals surface area (Å²) in [4.78, 5) is 9.98. The summed E-state index contributed by atoms with van der Waals surface area (Å²) in [7, 11) is 0. The van der Waals surface area contributed by atoms with E-state index in [0.717, 1.165) is 50.2 Å². The van der Waals surface area contributed by atoms with Gasteiger partial charge >= 0.3 is 0 Å². The van der Waals surface area contributed by atoms with Gasteiger partial charge in [-0.2, -0.15) is 0 Å². The van der Waals surface area contributed by atoms with Crippen LogP contribution in [0, 0.1) is 11.8 Å². The van der Waals surface area contributed by atoms with Gasteiger partial charge in [0.15, 0.2) is 5.96 Å². The van der Waals surface area contributed by atoms with Gasteiger partial charge in [-0.25, -0.2) is 0 Å². The molecular weight excluding hydrogens is 312 g/mol. The number of rotatable bonds is 7. The number of hydrogen-bond donors (Lipinski definition) is 1. The Morgan fingerprint density at radius 3 is 2.88 bits per heavy atom. The lowest BCUT2D eigenvalue weighted by Crippen LogP contribution is -2.42. The molecule has 0 amide bonds. The van der Waals surface area contributed by atoms with E-state index in [1.165, 1.54) is 38.9 Å². The fourth-order valence-corrected chi connectivity index (χ4v) is 3.79. The number of guanidine groups is 1. The Morgan fingerprint density at radius 1 is 1.32 bits per heavy atom. The summed E-state index contributed by atoms with van der Waals surface area (Å²) in [5.41, 5.74) is 0. The van der Waals surface area contributed by atoms with Crippen LogP contribution in [0.15, 0.2) is 27.8 Å². The van der Waals surface area contributed by atoms with Crippen LogP contribution in [-0.4, -0.2) is 61.6 Å². The summed E-state index contributed by atoms with van der Waals surface area (Å²) < 4.78 is 5.43. The molecule has 2 saturated heterocycles. The maximum atomic E-state index is 5.43. The van der Waals surface area contributed by atoms with Crippen LogP contribution in [0.4, 0.5) is 0 Å². The second kappa shape index (κ2) is 9.27. The zero-order valence-corrected chi connectivity index (χ0v) is 15.9. The van der Waals surface area contributed by atoms with Crippen LogP contribution in [0.25, 0.3) is 0 Å². The Hall–Kier alpha value is -1.49. The molecule has 5 heteroatoms. The van der Waals surface area contributed by atoms with Crippen LogP contribution in [0.5, 0.6) is 0 Å². The van der Waals surface area contributed by atoms with Crippen molar-refractivity contribution in [3.05, 3.63) is 24.2 Å². The molecule has 5 nitrogen and oxygen atoms in total. The highest BCUT2D eigenvalue weighted by atomic mass is 16.3. The van der Waals surface area contributed by atoms with E-state index in [4.69, 9.17) is 9.41 Å². The van der Waals surface area contributed by atoms with Gasteiger partial charge < -0.3 is 19.5 Å². The average molecular weight is 347 g/mol. The van der Waals surface area contributed by atoms with Gasteiger partial charge in [0.1, 0.15) is 5.76 Å². The van der Waals surface area contributed by atoms with E-state index in [0.29, 0.717) is 5.92 Å². The SMILES string of the molecule is CC(C)CN=C(NCCc1ccco1)N1CCC(CN2CCCC2)C1. The molecule has 0 aliphatic carbocycles. The van der Waals surface area contributed by atoms with E-state index >= 15 is 0 Å². The zero-order chi connectivity index (χ0) is 17.5. The minimum Gasteiger partial charge on any atom is -0.469 e. The number of furan rings is 1. The van der Waals surface area contributed by atoms with Gasteiger partial charge in [0.2, 0.25) is 0 Å². The first-order valence-electron chi connectivity index (χ1n) is 9.98. The normalized spacial score (nSPS) is 22.3. The molecule has 0 saturated carbocycles. The Bertz CT molecular complexity index is 520. The second-order valence-corrected chi connectivity index (χ2v) is 7.92. The highest BCUT2D eigenvalue weighted by Gasteiger charge is 2.27. The molecule has 0 aromatic carbocycles. The fraction of sp³-hybridized carbons (Fsp3) is 0.750. The lowest BCUT2D eigenvalue weighted by molar-refractivity contribution is 0.281. The lowest BCUT2D eigenvalue weighted by Gasteiger charge is -2.24. The molecule has 2 aliphatic rings. The van der Waals surface area contributed by atoms with Gasteiger partial charge in [0.05, 0.1) is 6.26 Å². The van der Waals surface area contributed by atoms with Crippen molar-refractivity contribution in [2.75, 3.05) is 45.8 Å². The standard InChI is InChI=1S/C20H34N4O/c1-17(2)14-22-20(21-9-7-19-6-5-13-25-19)24-12-8-18(16-24)15-23-10-3-4-11-23/h5-6,13,17-18H,3-4,7-12,14-16H2,1-2H3,(H,21,22). The van der Waals surface area contributed by atoms with E-state index in [2.05, 4.69) is 29.0 Å². The number of nitrogens with one attached hydrogen (secondary N) is 1. The van der Waals surface area contributed by atoms with Crippen LogP contribution in [0.2, 0.25) is 0 Å². The quantitative estimate of drug-likeness (QED) is 0.609. The molecule has 3 rings (SSSR count). The van der Waals surface area contributed by atoms with Crippen LogP contribution in [0.3, 0.4) is 0 Å². The zero-order valence-electron chi connectivity index (χ0n) is 15.9. The number of hydrogen-bond acceptors (Lipinski definition) is 3. The monoisotopic (exact) mass is 346 g/mol. The number of likely N-dealkylation sites (tertiary alicyclic amines) is 2. The second-order valence-electron chi connectivity index (χ2n) is 7.92.